The van der Waals surface area contributed by atoms with Crippen molar-refractivity contribution in [3.63, 3.8) is 0 Å². The van der Waals surface area contributed by atoms with Gasteiger partial charge in [0.05, 0.1) is 0 Å². The molecule has 3 aliphatic rings. The van der Waals surface area contributed by atoms with Crippen LogP contribution < -0.4 is 0 Å². The van der Waals surface area contributed by atoms with Crippen molar-refractivity contribution < 1.29 is 0 Å². The molecular formula is C16H48Si9. The molecule has 3 rings (SSSR count). The van der Waals surface area contributed by atoms with Gasteiger partial charge in [-0.05, 0) is 0 Å². The third kappa shape index (κ3) is 1.76. The van der Waals surface area contributed by atoms with Crippen LogP contribution >= 0.6 is 0 Å². The lowest BCUT2D eigenvalue weighted by Gasteiger charge is -2.89. The summed E-state index contributed by atoms with van der Waals surface area (Å²) in [4.78, 5) is 0. The lowest BCUT2D eigenvalue weighted by atomic mass is 11.8. The first-order valence-electron chi connectivity index (χ1n) is 10.5. The van der Waals surface area contributed by atoms with Gasteiger partial charge in [0.2, 0.25) is 0 Å². The second kappa shape index (κ2) is 5.16. The zero-order chi connectivity index (χ0) is 20.5. The fraction of sp³-hybridized carbons (Fsp3) is 1.00. The Morgan fingerprint density at radius 1 is 0.360 bits per heavy atom. The van der Waals surface area contributed by atoms with E-state index in [4.69, 9.17) is 0 Å². The van der Waals surface area contributed by atoms with Gasteiger partial charge in [-0.25, -0.2) is 0 Å². The molecule has 3 fully saturated rings. The Morgan fingerprint density at radius 2 is 0.560 bits per heavy atom. The second-order valence-corrected chi connectivity index (χ2v) is 132. The quantitative estimate of drug-likeness (QED) is 0.399. The molecular weight excluding hydrogens is 445 g/mol. The molecule has 0 aromatic carbocycles. The molecule has 0 N–H and O–H groups in total. The third-order valence-electron chi connectivity index (χ3n) is 12.4. The Bertz CT molecular complexity index is 536. The summed E-state index contributed by atoms with van der Waals surface area (Å²) in [6, 6.07) is 0. The highest BCUT2D eigenvalue weighted by molar-refractivity contribution is 8.41. The number of rotatable bonds is 1. The van der Waals surface area contributed by atoms with Gasteiger partial charge in [-0.1, -0.05) is 105 Å². The van der Waals surface area contributed by atoms with E-state index in [9.17, 15) is 0 Å². The lowest BCUT2D eigenvalue weighted by molar-refractivity contribution is 1.72. The maximum absolute atomic E-state index is 3.09. The Kier molecular flexibility index (Phi) is 4.80. The highest BCUT2D eigenvalue weighted by atomic mass is 30.6. The van der Waals surface area contributed by atoms with Gasteiger partial charge in [0.15, 0.2) is 0 Å². The summed E-state index contributed by atoms with van der Waals surface area (Å²) in [7, 11) is -7.71. The van der Waals surface area contributed by atoms with Crippen LogP contribution in [0, 0.1) is 0 Å². The highest BCUT2D eigenvalue weighted by Gasteiger charge is 2.93. The van der Waals surface area contributed by atoms with Crippen molar-refractivity contribution in [3.05, 3.63) is 0 Å². The molecule has 148 valence electrons. The van der Waals surface area contributed by atoms with Crippen LogP contribution in [-0.4, -0.2) is 63.0 Å². The molecule has 0 nitrogen and oxygen atoms in total. The molecule has 0 aromatic heterocycles. The topological polar surface area (TPSA) is 0 Å². The summed E-state index contributed by atoms with van der Waals surface area (Å²) in [6.45, 7) is 47.1. The monoisotopic (exact) mass is 492 g/mol. The first-order chi connectivity index (χ1) is 10.5. The number of hydrogen-bond acceptors (Lipinski definition) is 0. The first kappa shape index (κ1) is 23.2. The minimum atomic E-state index is -1.15. The van der Waals surface area contributed by atoms with Gasteiger partial charge in [0, 0.05) is 63.0 Å². The lowest BCUT2D eigenvalue weighted by Crippen LogP contribution is -3.21. The Balaban J connectivity index is 3.26. The largest absolute Gasteiger partial charge is 0.0752 e. The Labute approximate surface area is 167 Å². The van der Waals surface area contributed by atoms with Gasteiger partial charge in [0.25, 0.3) is 0 Å². The summed E-state index contributed by atoms with van der Waals surface area (Å²) in [5.41, 5.74) is 0. The predicted octanol–water partition coefficient (Wildman–Crippen LogP) is 5.91. The first-order valence-corrected chi connectivity index (χ1v) is 46.5. The maximum atomic E-state index is 3.09. The van der Waals surface area contributed by atoms with Crippen LogP contribution in [0.2, 0.25) is 105 Å². The molecule has 0 atom stereocenters. The van der Waals surface area contributed by atoms with Crippen molar-refractivity contribution in [2.24, 2.45) is 0 Å². The molecule has 0 spiro atoms. The van der Waals surface area contributed by atoms with Crippen molar-refractivity contribution in [2.45, 2.75) is 105 Å². The summed E-state index contributed by atoms with van der Waals surface area (Å²) in [5.74, 6) is 0. The molecule has 0 amide bonds. The highest BCUT2D eigenvalue weighted by Crippen LogP contribution is 2.65. The number of hydrogen-bond donors (Lipinski definition) is 0. The van der Waals surface area contributed by atoms with E-state index in [0.717, 1.165) is 0 Å². The molecule has 3 heterocycles. The zero-order valence-electron chi connectivity index (χ0n) is 20.5. The molecule has 0 unspecified atom stereocenters. The van der Waals surface area contributed by atoms with Crippen LogP contribution in [0.3, 0.4) is 0 Å². The second-order valence-electron chi connectivity index (χ2n) is 13.9. The summed E-state index contributed by atoms with van der Waals surface area (Å²) in [5, 5.41) is 0. The molecule has 0 aromatic rings. The summed E-state index contributed by atoms with van der Waals surface area (Å²) in [6.07, 6.45) is -1.15. The van der Waals surface area contributed by atoms with Gasteiger partial charge < -0.3 is 0 Å². The molecule has 9 heteroatoms. The standard InChI is InChI=1S/C16H48Si9/c1-17(2,3)25-21(10,11)18(4,5)24(16,19(6,7)22(25,12)13)20(8,9)23(25,14)15/h1-16H3. The van der Waals surface area contributed by atoms with Crippen LogP contribution in [0.1, 0.15) is 0 Å². The van der Waals surface area contributed by atoms with E-state index in [1.165, 1.54) is 0 Å². The van der Waals surface area contributed by atoms with Crippen molar-refractivity contribution in [2.75, 3.05) is 0 Å². The van der Waals surface area contributed by atoms with Crippen molar-refractivity contribution in [1.29, 1.82) is 0 Å². The van der Waals surface area contributed by atoms with E-state index >= 15 is 0 Å². The van der Waals surface area contributed by atoms with Gasteiger partial charge in [-0.2, -0.15) is 0 Å². The van der Waals surface area contributed by atoms with Gasteiger partial charge >= 0.3 is 0 Å². The van der Waals surface area contributed by atoms with Gasteiger partial charge in [-0.15, -0.1) is 0 Å². The van der Waals surface area contributed by atoms with Crippen LogP contribution in [0.25, 0.3) is 0 Å². The molecule has 0 saturated carbocycles. The smallest absolute Gasteiger partial charge is 0.0306 e. The minimum Gasteiger partial charge on any atom is -0.0752 e. The molecule has 0 aliphatic carbocycles. The zero-order valence-corrected chi connectivity index (χ0v) is 29.5. The number of fused-ring (bicyclic) bond motifs is 3. The van der Waals surface area contributed by atoms with E-state index in [2.05, 4.69) is 105 Å². The third-order valence-corrected chi connectivity index (χ3v) is 314. The molecule has 0 radical (unpaired) electrons. The van der Waals surface area contributed by atoms with E-state index in [0.29, 0.717) is 0 Å². The molecule has 3 aliphatic heterocycles. The fourth-order valence-electron chi connectivity index (χ4n) is 10.8. The van der Waals surface area contributed by atoms with E-state index < -0.39 is 63.0 Å². The average Bonchev–Trinajstić information content (AvgIpc) is 2.31. The average molecular weight is 493 g/mol. The van der Waals surface area contributed by atoms with Gasteiger partial charge in [-0.3, -0.25) is 0 Å². The molecule has 25 heavy (non-hydrogen) atoms. The van der Waals surface area contributed by atoms with Crippen molar-refractivity contribution >= 4 is 63.0 Å². The Hall–Kier alpha value is 1.95. The van der Waals surface area contributed by atoms with E-state index in [1.54, 1.807) is 0 Å². The predicted molar refractivity (Wildman–Crippen MR) is 146 cm³/mol. The van der Waals surface area contributed by atoms with Crippen molar-refractivity contribution in [3.8, 4) is 0 Å². The minimum absolute atomic E-state index is 1.09. The molecule has 3 saturated heterocycles. The SMILES string of the molecule is C[Si](C)(C)[Si]12[Si](C)(C)[Si](C)(C)[Si](C)([Si](C)(C)[Si]1(C)C)[Si](C)(C)[Si]2(C)C. The summed E-state index contributed by atoms with van der Waals surface area (Å²) >= 11 is 0. The van der Waals surface area contributed by atoms with Crippen LogP contribution in [0.5, 0.6) is 0 Å². The van der Waals surface area contributed by atoms with Crippen LogP contribution in [0.15, 0.2) is 0 Å². The normalized spacial score (nSPS) is 42.2. The van der Waals surface area contributed by atoms with Crippen LogP contribution in [-0.2, 0) is 0 Å². The van der Waals surface area contributed by atoms with E-state index in [-0.39, 0.29) is 0 Å². The van der Waals surface area contributed by atoms with Crippen molar-refractivity contribution in [1.82, 2.24) is 0 Å². The maximum Gasteiger partial charge on any atom is 0.0306 e. The van der Waals surface area contributed by atoms with E-state index in [1.807, 2.05) is 0 Å². The molecule has 2 bridgehead atoms. The fourth-order valence-corrected chi connectivity index (χ4v) is 656. The van der Waals surface area contributed by atoms with Crippen LogP contribution in [0.4, 0.5) is 0 Å². The summed E-state index contributed by atoms with van der Waals surface area (Å²) < 4.78 is 0. The van der Waals surface area contributed by atoms with Gasteiger partial charge in [0.1, 0.15) is 0 Å². The Morgan fingerprint density at radius 3 is 0.720 bits per heavy atom.